The zero-order valence-electron chi connectivity index (χ0n) is 8.04. The molecular weight excluding hydrogens is 271 g/mol. The van der Waals surface area contributed by atoms with Crippen molar-refractivity contribution in [2.75, 3.05) is 0 Å². The molecule has 2 heteroatoms. The van der Waals surface area contributed by atoms with Crippen molar-refractivity contribution in [3.8, 4) is 0 Å². The average Bonchev–Trinajstić information content (AvgIpc) is 2.87. The van der Waals surface area contributed by atoms with Crippen molar-refractivity contribution in [3.05, 3.63) is 47.6 Å². The molecule has 2 aliphatic carbocycles. The maximum absolute atomic E-state index is 6.03. The SMILES string of the molecule is [Cl][Zr][CH2]C(C1=CC=CC1)C1=CC=CC1. The van der Waals surface area contributed by atoms with Crippen molar-refractivity contribution in [1.29, 1.82) is 0 Å². The molecule has 0 N–H and O–H groups in total. The molecule has 0 fully saturated rings. The van der Waals surface area contributed by atoms with Gasteiger partial charge in [-0.05, 0) is 0 Å². The van der Waals surface area contributed by atoms with Gasteiger partial charge in [-0.25, -0.2) is 0 Å². The Bertz CT molecular complexity index is 293. The van der Waals surface area contributed by atoms with Crippen LogP contribution < -0.4 is 0 Å². The molecule has 0 atom stereocenters. The zero-order chi connectivity index (χ0) is 9.80. The van der Waals surface area contributed by atoms with Crippen LogP contribution in [0.4, 0.5) is 0 Å². The van der Waals surface area contributed by atoms with E-state index in [-0.39, 0.29) is 0 Å². The minimum atomic E-state index is -0.616. The third-order valence-corrected chi connectivity index (χ3v) is 5.07. The van der Waals surface area contributed by atoms with E-state index in [9.17, 15) is 0 Å². The second-order valence-corrected chi connectivity index (χ2v) is 6.88. The van der Waals surface area contributed by atoms with Gasteiger partial charge >= 0.3 is 101 Å². The topological polar surface area (TPSA) is 0 Å². The second kappa shape index (κ2) is 5.28. The van der Waals surface area contributed by atoms with Crippen LogP contribution in [-0.2, 0) is 22.0 Å². The number of hydrogen-bond donors (Lipinski definition) is 0. The zero-order valence-corrected chi connectivity index (χ0v) is 11.3. The van der Waals surface area contributed by atoms with E-state index in [4.69, 9.17) is 8.51 Å². The number of halogens is 1. The molecule has 0 bridgehead atoms. The van der Waals surface area contributed by atoms with E-state index < -0.39 is 22.0 Å². The fourth-order valence-electron chi connectivity index (χ4n) is 2.02. The van der Waals surface area contributed by atoms with Gasteiger partial charge in [0.25, 0.3) is 0 Å². The Hall–Kier alpha value is 0.133. The van der Waals surface area contributed by atoms with Crippen molar-refractivity contribution in [1.82, 2.24) is 0 Å². The van der Waals surface area contributed by atoms with Crippen LogP contribution in [0.5, 0.6) is 0 Å². The third kappa shape index (κ3) is 2.38. The molecule has 0 heterocycles. The molecule has 0 amide bonds. The van der Waals surface area contributed by atoms with Crippen molar-refractivity contribution in [2.45, 2.75) is 17.0 Å². The monoisotopic (exact) mass is 282 g/mol. The van der Waals surface area contributed by atoms with E-state index in [2.05, 4.69) is 36.5 Å². The Balaban J connectivity index is 2.07. The van der Waals surface area contributed by atoms with Crippen LogP contribution in [0, 0.1) is 5.92 Å². The quantitative estimate of drug-likeness (QED) is 0.731. The Labute approximate surface area is 101 Å². The first kappa shape index (κ1) is 10.6. The average molecular weight is 284 g/mol. The summed E-state index contributed by atoms with van der Waals surface area (Å²) < 4.78 is 1.24. The van der Waals surface area contributed by atoms with E-state index in [1.165, 1.54) is 4.13 Å². The summed E-state index contributed by atoms with van der Waals surface area (Å²) in [7, 11) is 6.03. The summed E-state index contributed by atoms with van der Waals surface area (Å²) in [5, 5.41) is 0. The third-order valence-electron chi connectivity index (χ3n) is 2.78. The molecule has 0 unspecified atom stereocenters. The van der Waals surface area contributed by atoms with Gasteiger partial charge < -0.3 is 0 Å². The van der Waals surface area contributed by atoms with Crippen molar-refractivity contribution < 1.29 is 22.0 Å². The number of allylic oxidation sites excluding steroid dienone is 8. The van der Waals surface area contributed by atoms with Crippen LogP contribution in [0.2, 0.25) is 4.13 Å². The van der Waals surface area contributed by atoms with Crippen LogP contribution in [0.15, 0.2) is 47.6 Å². The molecule has 0 aromatic carbocycles. The fourth-order valence-corrected chi connectivity index (χ4v) is 4.60. The molecular formula is C12H13ClZr. The van der Waals surface area contributed by atoms with Crippen LogP contribution in [0.3, 0.4) is 0 Å². The fraction of sp³-hybridized carbons (Fsp3) is 0.333. The molecule has 0 aliphatic heterocycles. The molecule has 0 spiro atoms. The number of hydrogen-bond acceptors (Lipinski definition) is 0. The molecule has 0 aromatic heterocycles. The standard InChI is InChI=1S/C12H13.ClH.Zr/c1-10(11-6-2-3-7-11)12-8-4-5-9-12;;/h2-6,8,10H,1,7,9H2;1H;/q;;+1/p-1. The minimum absolute atomic E-state index is 0.616. The summed E-state index contributed by atoms with van der Waals surface area (Å²) in [6, 6.07) is 0. The summed E-state index contributed by atoms with van der Waals surface area (Å²) in [6.07, 6.45) is 15.6. The van der Waals surface area contributed by atoms with Crippen molar-refractivity contribution in [3.63, 3.8) is 0 Å². The van der Waals surface area contributed by atoms with Crippen LogP contribution >= 0.6 is 8.51 Å². The number of rotatable bonds is 4. The molecule has 0 saturated carbocycles. The van der Waals surface area contributed by atoms with Gasteiger partial charge in [-0.1, -0.05) is 0 Å². The van der Waals surface area contributed by atoms with Gasteiger partial charge in [0.2, 0.25) is 0 Å². The van der Waals surface area contributed by atoms with Crippen LogP contribution in [0.1, 0.15) is 12.8 Å². The Morgan fingerprint density at radius 3 is 2.07 bits per heavy atom. The van der Waals surface area contributed by atoms with Crippen LogP contribution in [-0.4, -0.2) is 0 Å². The summed E-state index contributed by atoms with van der Waals surface area (Å²) in [6.45, 7) is 0. The first-order valence-electron chi connectivity index (χ1n) is 4.96. The summed E-state index contributed by atoms with van der Waals surface area (Å²) in [5.74, 6) is 0.657. The van der Waals surface area contributed by atoms with Gasteiger partial charge in [0.15, 0.2) is 0 Å². The predicted octanol–water partition coefficient (Wildman–Crippen LogP) is 4.03. The Kier molecular flexibility index (Phi) is 4.02. The van der Waals surface area contributed by atoms with E-state index in [0.717, 1.165) is 12.8 Å². The van der Waals surface area contributed by atoms with Gasteiger partial charge in [0.05, 0.1) is 0 Å². The van der Waals surface area contributed by atoms with Gasteiger partial charge in [-0.2, -0.15) is 0 Å². The second-order valence-electron chi connectivity index (χ2n) is 3.64. The van der Waals surface area contributed by atoms with Gasteiger partial charge in [0, 0.05) is 0 Å². The molecule has 0 saturated heterocycles. The van der Waals surface area contributed by atoms with E-state index >= 15 is 0 Å². The maximum atomic E-state index is 6.03. The Morgan fingerprint density at radius 1 is 1.14 bits per heavy atom. The summed E-state index contributed by atoms with van der Waals surface area (Å²) >= 11 is -0.616. The summed E-state index contributed by atoms with van der Waals surface area (Å²) in [5.41, 5.74) is 3.14. The van der Waals surface area contributed by atoms with E-state index in [0.29, 0.717) is 5.92 Å². The van der Waals surface area contributed by atoms with Gasteiger partial charge in [-0.3, -0.25) is 0 Å². The first-order chi connectivity index (χ1) is 6.92. The van der Waals surface area contributed by atoms with Gasteiger partial charge in [-0.15, -0.1) is 0 Å². The van der Waals surface area contributed by atoms with Crippen LogP contribution in [0.25, 0.3) is 0 Å². The normalized spacial score (nSPS) is 19.0. The molecule has 0 aromatic rings. The molecule has 2 aliphatic rings. The molecule has 2 rings (SSSR count). The molecule has 0 radical (unpaired) electrons. The molecule has 72 valence electrons. The van der Waals surface area contributed by atoms with Gasteiger partial charge in [0.1, 0.15) is 0 Å². The van der Waals surface area contributed by atoms with E-state index in [1.807, 2.05) is 0 Å². The van der Waals surface area contributed by atoms with Crippen molar-refractivity contribution >= 4 is 8.51 Å². The molecule has 14 heavy (non-hydrogen) atoms. The Morgan fingerprint density at radius 2 is 1.71 bits per heavy atom. The molecule has 0 nitrogen and oxygen atoms in total. The van der Waals surface area contributed by atoms with Crippen molar-refractivity contribution in [2.24, 2.45) is 5.92 Å². The predicted molar refractivity (Wildman–Crippen MR) is 57.8 cm³/mol. The summed E-state index contributed by atoms with van der Waals surface area (Å²) in [4.78, 5) is 0. The van der Waals surface area contributed by atoms with E-state index in [1.54, 1.807) is 11.1 Å². The first-order valence-corrected chi connectivity index (χ1v) is 9.87.